The summed E-state index contributed by atoms with van der Waals surface area (Å²) in [5.74, 6) is 0.362. The van der Waals surface area contributed by atoms with Crippen LogP contribution in [0.25, 0.3) is 10.9 Å². The second kappa shape index (κ2) is 9.83. The van der Waals surface area contributed by atoms with Crippen LogP contribution in [0.3, 0.4) is 0 Å². The number of hydrogen-bond donors (Lipinski definition) is 2. The number of anilines is 2. The summed E-state index contributed by atoms with van der Waals surface area (Å²) in [6, 6.07) is 21.3. The summed E-state index contributed by atoms with van der Waals surface area (Å²) >= 11 is 0. The van der Waals surface area contributed by atoms with Crippen molar-refractivity contribution in [3.05, 3.63) is 99.3 Å². The smallest absolute Gasteiger partial charge is 0.256 e. The van der Waals surface area contributed by atoms with Gasteiger partial charge in [-0.3, -0.25) is 14.2 Å². The number of hydrogen-bond acceptors (Lipinski definition) is 4. The van der Waals surface area contributed by atoms with Gasteiger partial charge < -0.3 is 15.4 Å². The van der Waals surface area contributed by atoms with Gasteiger partial charge in [-0.25, -0.2) is 0 Å². The van der Waals surface area contributed by atoms with E-state index in [0.29, 0.717) is 23.4 Å². The summed E-state index contributed by atoms with van der Waals surface area (Å²) in [5, 5.41) is 7.10. The Morgan fingerprint density at radius 3 is 2.24 bits per heavy atom. The summed E-state index contributed by atoms with van der Waals surface area (Å²) in [4.78, 5) is 26.4. The monoisotopic (exact) mass is 455 g/mol. The molecule has 0 spiro atoms. The van der Waals surface area contributed by atoms with Gasteiger partial charge in [0.25, 0.3) is 5.56 Å². The van der Waals surface area contributed by atoms with E-state index in [1.54, 1.807) is 13.2 Å². The molecule has 0 saturated carbocycles. The molecule has 0 aliphatic heterocycles. The van der Waals surface area contributed by atoms with Gasteiger partial charge in [-0.05, 0) is 79.7 Å². The SMILES string of the molecule is COc1ccc2cc(CNc3ccc(C)cc3)c(=O)n(CC(=O)Nc3cc(C)cc(C)c3)c2c1. The number of methoxy groups -OCH3 is 1. The maximum atomic E-state index is 13.5. The lowest BCUT2D eigenvalue weighted by molar-refractivity contribution is -0.116. The van der Waals surface area contributed by atoms with E-state index < -0.39 is 0 Å². The normalized spacial score (nSPS) is 10.8. The fourth-order valence-corrected chi connectivity index (χ4v) is 4.08. The minimum atomic E-state index is -0.264. The van der Waals surface area contributed by atoms with Gasteiger partial charge in [0.05, 0.1) is 12.6 Å². The number of carbonyl (C=O) groups is 1. The maximum absolute atomic E-state index is 13.5. The third-order valence-electron chi connectivity index (χ3n) is 5.72. The van der Waals surface area contributed by atoms with Crippen molar-refractivity contribution >= 4 is 28.2 Å². The molecule has 0 unspecified atom stereocenters. The number of aryl methyl sites for hydroxylation is 3. The molecule has 34 heavy (non-hydrogen) atoms. The number of amides is 1. The molecule has 0 atom stereocenters. The van der Waals surface area contributed by atoms with Gasteiger partial charge in [0.15, 0.2) is 0 Å². The molecule has 3 aromatic carbocycles. The van der Waals surface area contributed by atoms with Crippen LogP contribution in [0.15, 0.2) is 71.5 Å². The highest BCUT2D eigenvalue weighted by atomic mass is 16.5. The first kappa shape index (κ1) is 23.1. The highest BCUT2D eigenvalue weighted by Crippen LogP contribution is 2.22. The minimum Gasteiger partial charge on any atom is -0.497 e. The first-order valence-corrected chi connectivity index (χ1v) is 11.2. The van der Waals surface area contributed by atoms with Gasteiger partial charge in [-0.1, -0.05) is 23.8 Å². The van der Waals surface area contributed by atoms with Crippen LogP contribution in [0, 0.1) is 20.8 Å². The second-order valence-electron chi connectivity index (χ2n) is 8.63. The Labute approximate surface area is 199 Å². The predicted octanol–water partition coefficient (Wildman–Crippen LogP) is 5.19. The van der Waals surface area contributed by atoms with Crippen LogP contribution in [-0.4, -0.2) is 17.6 Å². The fraction of sp³-hybridized carbons (Fsp3) is 0.214. The molecule has 0 aliphatic rings. The van der Waals surface area contributed by atoms with Crippen LogP contribution in [-0.2, 0) is 17.9 Å². The molecule has 0 saturated heterocycles. The Hall–Kier alpha value is -4.06. The summed E-state index contributed by atoms with van der Waals surface area (Å²) in [6.45, 7) is 6.24. The quantitative estimate of drug-likeness (QED) is 0.402. The molecular formula is C28H29N3O3. The zero-order chi connectivity index (χ0) is 24.2. The van der Waals surface area contributed by atoms with E-state index >= 15 is 0 Å². The van der Waals surface area contributed by atoms with Gasteiger partial charge in [0.2, 0.25) is 5.91 Å². The van der Waals surface area contributed by atoms with E-state index in [0.717, 1.165) is 27.9 Å². The molecule has 2 N–H and O–H groups in total. The molecule has 4 rings (SSSR count). The summed E-state index contributed by atoms with van der Waals surface area (Å²) < 4.78 is 6.88. The summed E-state index contributed by atoms with van der Waals surface area (Å²) in [6.07, 6.45) is 0. The average molecular weight is 456 g/mol. The zero-order valence-electron chi connectivity index (χ0n) is 19.9. The number of benzene rings is 3. The van der Waals surface area contributed by atoms with Crippen molar-refractivity contribution in [1.82, 2.24) is 4.57 Å². The van der Waals surface area contributed by atoms with Gasteiger partial charge in [0, 0.05) is 29.5 Å². The number of nitrogens with zero attached hydrogens (tertiary/aromatic N) is 1. The highest BCUT2D eigenvalue weighted by molar-refractivity contribution is 5.92. The van der Waals surface area contributed by atoms with E-state index in [4.69, 9.17) is 4.74 Å². The molecule has 0 radical (unpaired) electrons. The van der Waals surface area contributed by atoms with E-state index in [-0.39, 0.29) is 18.0 Å². The number of ether oxygens (including phenoxy) is 1. The Kier molecular flexibility index (Phi) is 6.68. The molecule has 1 amide bonds. The molecule has 0 fully saturated rings. The zero-order valence-corrected chi connectivity index (χ0v) is 19.9. The number of pyridine rings is 1. The number of carbonyl (C=O) groups excluding carboxylic acids is 1. The fourth-order valence-electron chi connectivity index (χ4n) is 4.08. The van der Waals surface area contributed by atoms with E-state index in [1.807, 2.05) is 81.4 Å². The standard InChI is InChI=1S/C28H29N3O3/c1-18-5-8-23(9-6-18)29-16-22-14-21-7-10-25(34-4)15-26(21)31(28(22)33)17-27(32)30-24-12-19(2)11-20(3)13-24/h5-15,29H,16-17H2,1-4H3,(H,30,32). The van der Waals surface area contributed by atoms with Crippen molar-refractivity contribution in [2.24, 2.45) is 0 Å². The lowest BCUT2D eigenvalue weighted by atomic mass is 10.1. The molecule has 1 heterocycles. The minimum absolute atomic E-state index is 0.103. The van der Waals surface area contributed by atoms with Crippen molar-refractivity contribution in [2.45, 2.75) is 33.9 Å². The van der Waals surface area contributed by atoms with E-state index in [1.165, 1.54) is 10.1 Å². The van der Waals surface area contributed by atoms with Crippen LogP contribution in [0.5, 0.6) is 5.75 Å². The van der Waals surface area contributed by atoms with Crippen molar-refractivity contribution < 1.29 is 9.53 Å². The largest absolute Gasteiger partial charge is 0.497 e. The summed E-state index contributed by atoms with van der Waals surface area (Å²) in [5.41, 5.74) is 5.96. The Balaban J connectivity index is 1.67. The van der Waals surface area contributed by atoms with Crippen LogP contribution >= 0.6 is 0 Å². The van der Waals surface area contributed by atoms with E-state index in [9.17, 15) is 9.59 Å². The van der Waals surface area contributed by atoms with Gasteiger partial charge in [-0.15, -0.1) is 0 Å². The second-order valence-corrected chi connectivity index (χ2v) is 8.63. The maximum Gasteiger partial charge on any atom is 0.256 e. The topological polar surface area (TPSA) is 72.4 Å². The lowest BCUT2D eigenvalue weighted by Crippen LogP contribution is -2.30. The van der Waals surface area contributed by atoms with Crippen molar-refractivity contribution in [1.29, 1.82) is 0 Å². The van der Waals surface area contributed by atoms with E-state index in [2.05, 4.69) is 10.6 Å². The Bertz CT molecular complexity index is 1390. The lowest BCUT2D eigenvalue weighted by Gasteiger charge is -2.15. The molecule has 1 aromatic heterocycles. The average Bonchev–Trinajstić information content (AvgIpc) is 2.80. The summed E-state index contributed by atoms with van der Waals surface area (Å²) in [7, 11) is 1.58. The highest BCUT2D eigenvalue weighted by Gasteiger charge is 2.14. The third-order valence-corrected chi connectivity index (χ3v) is 5.72. The van der Waals surface area contributed by atoms with Crippen molar-refractivity contribution in [2.75, 3.05) is 17.7 Å². The van der Waals surface area contributed by atoms with Crippen molar-refractivity contribution in [3.63, 3.8) is 0 Å². The molecule has 0 bridgehead atoms. The van der Waals surface area contributed by atoms with Gasteiger partial charge in [0.1, 0.15) is 12.3 Å². The molecule has 174 valence electrons. The number of nitrogens with one attached hydrogen (secondary N) is 2. The molecular weight excluding hydrogens is 426 g/mol. The number of fused-ring (bicyclic) bond motifs is 1. The van der Waals surface area contributed by atoms with Crippen LogP contribution in [0.1, 0.15) is 22.3 Å². The van der Waals surface area contributed by atoms with Gasteiger partial charge in [-0.2, -0.15) is 0 Å². The van der Waals surface area contributed by atoms with Crippen LogP contribution in [0.2, 0.25) is 0 Å². The molecule has 6 nitrogen and oxygen atoms in total. The molecule has 4 aromatic rings. The third kappa shape index (κ3) is 5.29. The number of rotatable bonds is 7. The first-order valence-electron chi connectivity index (χ1n) is 11.2. The van der Waals surface area contributed by atoms with Crippen LogP contribution in [0.4, 0.5) is 11.4 Å². The Morgan fingerprint density at radius 1 is 0.853 bits per heavy atom. The molecule has 6 heteroatoms. The Morgan fingerprint density at radius 2 is 1.56 bits per heavy atom. The first-order chi connectivity index (χ1) is 16.3. The van der Waals surface area contributed by atoms with Crippen molar-refractivity contribution in [3.8, 4) is 5.75 Å². The van der Waals surface area contributed by atoms with Crippen LogP contribution < -0.4 is 20.9 Å². The predicted molar refractivity (Wildman–Crippen MR) is 138 cm³/mol. The molecule has 0 aliphatic carbocycles. The number of aromatic nitrogens is 1. The van der Waals surface area contributed by atoms with Gasteiger partial charge >= 0.3 is 0 Å².